The molecular weight excluding hydrogens is 566 g/mol. The Hall–Kier alpha value is -5.66. The average Bonchev–Trinajstić information content (AvgIpc) is 3.52. The molecule has 1 unspecified atom stereocenters. The van der Waals surface area contributed by atoms with E-state index in [1.807, 2.05) is 6.07 Å². The summed E-state index contributed by atoms with van der Waals surface area (Å²) in [6, 6.07) is 16.3. The van der Waals surface area contributed by atoms with Gasteiger partial charge >= 0.3 is 5.92 Å². The number of nitrogens with zero attached hydrogens (tertiary/aromatic N) is 7. The minimum atomic E-state index is -4.17. The molecule has 5 rings (SSSR count). The first-order chi connectivity index (χ1) is 20.7. The first-order valence-corrected chi connectivity index (χ1v) is 12.5. The van der Waals surface area contributed by atoms with Crippen LogP contribution in [0.2, 0.25) is 0 Å². The fourth-order valence-electron chi connectivity index (χ4n) is 4.04. The monoisotopic (exact) mass is 585 g/mol. The van der Waals surface area contributed by atoms with E-state index in [-0.39, 0.29) is 6.61 Å². The molecule has 0 aliphatic heterocycles. The molecule has 0 saturated carbocycles. The van der Waals surface area contributed by atoms with Crippen molar-refractivity contribution in [1.82, 2.24) is 30.2 Å². The number of aliphatic hydroxyl groups is 1. The summed E-state index contributed by atoms with van der Waals surface area (Å²) in [7, 11) is 0. The van der Waals surface area contributed by atoms with Crippen LogP contribution in [0.4, 0.5) is 17.6 Å². The van der Waals surface area contributed by atoms with Crippen molar-refractivity contribution in [2.24, 2.45) is 0 Å². The van der Waals surface area contributed by atoms with Crippen LogP contribution in [0.25, 0.3) is 0 Å². The first kappa shape index (κ1) is 28.9. The van der Waals surface area contributed by atoms with Gasteiger partial charge in [-0.3, -0.25) is 9.97 Å². The highest BCUT2D eigenvalue weighted by Crippen LogP contribution is 2.46. The maximum Gasteiger partial charge on any atom is 0.323 e. The molecule has 9 nitrogen and oxygen atoms in total. The van der Waals surface area contributed by atoms with Gasteiger partial charge in [-0.05, 0) is 71.1 Å². The Morgan fingerprint density at radius 2 is 1.60 bits per heavy atom. The zero-order chi connectivity index (χ0) is 30.5. The number of aromatic nitrogens is 6. The molecule has 0 fully saturated rings. The predicted molar refractivity (Wildman–Crippen MR) is 142 cm³/mol. The van der Waals surface area contributed by atoms with Gasteiger partial charge in [0, 0.05) is 35.2 Å². The van der Waals surface area contributed by atoms with Gasteiger partial charge in [0.1, 0.15) is 42.1 Å². The molecule has 214 valence electrons. The largest absolute Gasteiger partial charge is 0.487 e. The van der Waals surface area contributed by atoms with Crippen molar-refractivity contribution in [1.29, 1.82) is 5.26 Å². The van der Waals surface area contributed by atoms with Crippen LogP contribution in [-0.4, -0.2) is 35.3 Å². The summed E-state index contributed by atoms with van der Waals surface area (Å²) in [6.07, 6.45) is 3.53. The average molecular weight is 586 g/mol. The smallest absolute Gasteiger partial charge is 0.323 e. The summed E-state index contributed by atoms with van der Waals surface area (Å²) in [5.41, 5.74) is -2.96. The Kier molecular flexibility index (Phi) is 8.09. The minimum Gasteiger partial charge on any atom is -0.487 e. The highest BCUT2D eigenvalue weighted by Gasteiger charge is 2.58. The molecule has 0 spiro atoms. The standard InChI is InChI=1S/C30H19F4N7O2/c31-23-7-11-26(27(32)13-23)29(42,18-41-19-38-39-40-41)30(33,34)28-12-6-21(15-37-28)2-1-20-4-9-25(10-5-20)43-17-24-8-3-22(14-35)16-36-24/h3-13,15-16,19,42H,17-18H2. The summed E-state index contributed by atoms with van der Waals surface area (Å²) in [5, 5.41) is 30.3. The van der Waals surface area contributed by atoms with E-state index < -0.39 is 41.0 Å². The lowest BCUT2D eigenvalue weighted by Crippen LogP contribution is -2.48. The highest BCUT2D eigenvalue weighted by atomic mass is 19.3. The molecule has 13 heteroatoms. The number of pyridine rings is 2. The predicted octanol–water partition coefficient (Wildman–Crippen LogP) is 4.27. The minimum absolute atomic E-state index is 0.206. The summed E-state index contributed by atoms with van der Waals surface area (Å²) >= 11 is 0. The molecule has 0 amide bonds. The van der Waals surface area contributed by atoms with E-state index in [0.29, 0.717) is 34.2 Å². The van der Waals surface area contributed by atoms with Gasteiger partial charge in [0.25, 0.3) is 0 Å². The second kappa shape index (κ2) is 12.1. The van der Waals surface area contributed by atoms with Gasteiger partial charge in [-0.1, -0.05) is 11.8 Å². The number of hydrogen-bond acceptors (Lipinski definition) is 8. The number of halogens is 4. The number of tetrazole rings is 1. The number of ether oxygens (including phenoxy) is 1. The zero-order valence-electron chi connectivity index (χ0n) is 22.0. The Bertz CT molecular complexity index is 1810. The lowest BCUT2D eigenvalue weighted by molar-refractivity contribution is -0.207. The van der Waals surface area contributed by atoms with Gasteiger partial charge in [-0.25, -0.2) is 13.5 Å². The maximum absolute atomic E-state index is 15.9. The molecule has 3 heterocycles. The fraction of sp³-hybridized carbons (Fsp3) is 0.133. The Balaban J connectivity index is 1.31. The van der Waals surface area contributed by atoms with E-state index in [1.165, 1.54) is 12.3 Å². The van der Waals surface area contributed by atoms with Gasteiger partial charge in [0.2, 0.25) is 0 Å². The molecule has 2 aromatic carbocycles. The fourth-order valence-corrected chi connectivity index (χ4v) is 4.04. The maximum atomic E-state index is 15.9. The molecule has 43 heavy (non-hydrogen) atoms. The number of nitriles is 1. The van der Waals surface area contributed by atoms with Crippen LogP contribution in [0.3, 0.4) is 0 Å². The summed E-state index contributed by atoms with van der Waals surface area (Å²) in [6.45, 7) is -0.749. The lowest BCUT2D eigenvalue weighted by Gasteiger charge is -2.35. The summed E-state index contributed by atoms with van der Waals surface area (Å²) < 4.78 is 66.4. The van der Waals surface area contributed by atoms with E-state index in [9.17, 15) is 13.9 Å². The van der Waals surface area contributed by atoms with Crippen LogP contribution in [0.1, 0.15) is 33.6 Å². The van der Waals surface area contributed by atoms with Crippen molar-refractivity contribution in [2.45, 2.75) is 24.7 Å². The summed E-state index contributed by atoms with van der Waals surface area (Å²) in [4.78, 5) is 7.94. The molecule has 5 aromatic rings. The van der Waals surface area contributed by atoms with Crippen molar-refractivity contribution >= 4 is 0 Å². The van der Waals surface area contributed by atoms with E-state index in [4.69, 9.17) is 10.00 Å². The van der Waals surface area contributed by atoms with E-state index >= 15 is 8.78 Å². The molecule has 0 bridgehead atoms. The molecule has 3 aromatic heterocycles. The van der Waals surface area contributed by atoms with Crippen LogP contribution in [0.5, 0.6) is 5.75 Å². The van der Waals surface area contributed by atoms with Gasteiger partial charge in [0.15, 0.2) is 5.60 Å². The van der Waals surface area contributed by atoms with Crippen molar-refractivity contribution in [3.63, 3.8) is 0 Å². The molecule has 0 aliphatic rings. The van der Waals surface area contributed by atoms with Crippen molar-refractivity contribution < 1.29 is 27.4 Å². The van der Waals surface area contributed by atoms with Crippen LogP contribution in [0.15, 0.2) is 85.5 Å². The third-order valence-corrected chi connectivity index (χ3v) is 6.31. The highest BCUT2D eigenvalue weighted by molar-refractivity contribution is 5.44. The van der Waals surface area contributed by atoms with Crippen LogP contribution >= 0.6 is 0 Å². The molecule has 1 N–H and O–H groups in total. The topological polar surface area (TPSA) is 123 Å². The third-order valence-electron chi connectivity index (χ3n) is 6.31. The summed E-state index contributed by atoms with van der Waals surface area (Å²) in [5.74, 6) is -0.268. The van der Waals surface area contributed by atoms with Gasteiger partial charge in [-0.15, -0.1) is 5.10 Å². The van der Waals surface area contributed by atoms with E-state index in [2.05, 4.69) is 37.3 Å². The first-order valence-electron chi connectivity index (χ1n) is 12.5. The number of rotatable bonds is 8. The number of benzene rings is 2. The van der Waals surface area contributed by atoms with Gasteiger partial charge in [0.05, 0.1) is 17.8 Å². The quantitative estimate of drug-likeness (QED) is 0.212. The second-order valence-corrected chi connectivity index (χ2v) is 9.21. The number of hydrogen-bond donors (Lipinski definition) is 1. The van der Waals surface area contributed by atoms with Gasteiger partial charge < -0.3 is 9.84 Å². The Morgan fingerprint density at radius 3 is 2.23 bits per heavy atom. The van der Waals surface area contributed by atoms with Crippen molar-refractivity contribution in [3.05, 3.63) is 131 Å². The number of alkyl halides is 2. The van der Waals surface area contributed by atoms with Crippen LogP contribution in [-0.2, 0) is 24.7 Å². The van der Waals surface area contributed by atoms with Crippen LogP contribution in [0, 0.1) is 34.8 Å². The van der Waals surface area contributed by atoms with Gasteiger partial charge in [-0.2, -0.15) is 14.0 Å². The Morgan fingerprint density at radius 1 is 0.884 bits per heavy atom. The molecule has 0 aliphatic carbocycles. The molecule has 0 saturated heterocycles. The zero-order valence-corrected chi connectivity index (χ0v) is 22.0. The van der Waals surface area contributed by atoms with Crippen molar-refractivity contribution in [2.75, 3.05) is 0 Å². The molecular formula is C30H19F4N7O2. The van der Waals surface area contributed by atoms with E-state index in [1.54, 1.807) is 36.4 Å². The lowest BCUT2D eigenvalue weighted by atomic mass is 9.84. The second-order valence-electron chi connectivity index (χ2n) is 9.21. The molecule has 1 atom stereocenters. The SMILES string of the molecule is N#Cc1ccc(COc2ccc(C#Cc3ccc(C(F)(F)C(O)(Cn4cnnn4)c4ccc(F)cc4F)nc3)cc2)nc1. The van der Waals surface area contributed by atoms with Crippen LogP contribution < -0.4 is 4.74 Å². The van der Waals surface area contributed by atoms with E-state index in [0.717, 1.165) is 35.4 Å². The third kappa shape index (κ3) is 6.32. The van der Waals surface area contributed by atoms with Crippen molar-refractivity contribution in [3.8, 4) is 23.7 Å². The molecule has 0 radical (unpaired) electrons. The normalized spacial score (nSPS) is 12.5. The Labute approximate surface area is 242 Å².